The van der Waals surface area contributed by atoms with Crippen molar-refractivity contribution in [3.8, 4) is 0 Å². The highest BCUT2D eigenvalue weighted by Gasteiger charge is 2.22. The van der Waals surface area contributed by atoms with Gasteiger partial charge in [0, 0.05) is 0 Å². The molecule has 0 aromatic carbocycles. The molecule has 2 N–H and O–H groups in total. The van der Waals surface area contributed by atoms with Gasteiger partial charge in [0.2, 0.25) is 0 Å². The number of allylic oxidation sites excluding steroid dienone is 1. The van der Waals surface area contributed by atoms with E-state index < -0.39 is 12.2 Å². The Hall–Kier alpha value is -0.340. The van der Waals surface area contributed by atoms with Crippen LogP contribution < -0.4 is 0 Å². The molecule has 0 aromatic rings. The molecule has 0 aliphatic heterocycles. The lowest BCUT2D eigenvalue weighted by Gasteiger charge is -2.25. The van der Waals surface area contributed by atoms with Gasteiger partial charge in [0.25, 0.3) is 0 Å². The number of aliphatic hydroxyl groups is 2. The van der Waals surface area contributed by atoms with Crippen LogP contribution in [0, 0.1) is 0 Å². The first-order chi connectivity index (χ1) is 5.24. The van der Waals surface area contributed by atoms with Gasteiger partial charge >= 0.3 is 0 Å². The topological polar surface area (TPSA) is 40.5 Å². The largest absolute Gasteiger partial charge is 0.390 e. The predicted molar refractivity (Wildman–Crippen MR) is 44.2 cm³/mol. The molecule has 1 saturated carbocycles. The third kappa shape index (κ3) is 2.31. The Labute approximate surface area is 67.6 Å². The van der Waals surface area contributed by atoms with E-state index in [0.717, 1.165) is 12.8 Å². The molecular weight excluding hydrogens is 140 g/mol. The highest BCUT2D eigenvalue weighted by molar-refractivity contribution is 5.07. The van der Waals surface area contributed by atoms with Crippen LogP contribution in [0.5, 0.6) is 0 Å². The van der Waals surface area contributed by atoms with Crippen LogP contribution >= 0.6 is 0 Å². The lowest BCUT2D eigenvalue weighted by Crippen LogP contribution is -2.30. The Balaban J connectivity index is 2.46. The molecule has 0 amide bonds. The highest BCUT2D eigenvalue weighted by atomic mass is 16.3. The van der Waals surface area contributed by atoms with E-state index in [2.05, 4.69) is 13.0 Å². The van der Waals surface area contributed by atoms with Crippen molar-refractivity contribution in [3.05, 3.63) is 11.6 Å². The molecule has 1 aliphatic rings. The first kappa shape index (κ1) is 8.75. The number of hydrogen-bond donors (Lipinski definition) is 2. The maximum absolute atomic E-state index is 9.28. The second-order valence-corrected chi connectivity index (χ2v) is 3.15. The van der Waals surface area contributed by atoms with E-state index in [9.17, 15) is 10.2 Å². The third-order valence-corrected chi connectivity index (χ3v) is 2.17. The predicted octanol–water partition coefficient (Wildman–Crippen LogP) is 1.23. The molecule has 0 saturated heterocycles. The van der Waals surface area contributed by atoms with E-state index in [0.29, 0.717) is 12.8 Å². The summed E-state index contributed by atoms with van der Waals surface area (Å²) >= 11 is 0. The number of rotatable bonds is 1. The minimum Gasteiger partial charge on any atom is -0.390 e. The van der Waals surface area contributed by atoms with Crippen LogP contribution in [-0.4, -0.2) is 22.4 Å². The standard InChI is InChI=1S/C9H16O2/c1-2-3-7-4-5-8(10)9(11)6-7/h3,8-11H,2,4-6H2,1H3/b7-3+. The van der Waals surface area contributed by atoms with E-state index >= 15 is 0 Å². The normalized spacial score (nSPS) is 36.1. The highest BCUT2D eigenvalue weighted by Crippen LogP contribution is 2.23. The fraction of sp³-hybridized carbons (Fsp3) is 0.778. The zero-order chi connectivity index (χ0) is 8.27. The Morgan fingerprint density at radius 3 is 2.73 bits per heavy atom. The van der Waals surface area contributed by atoms with Crippen molar-refractivity contribution < 1.29 is 10.2 Å². The molecule has 0 bridgehead atoms. The SMILES string of the molecule is CC/C=C1\CCC(O)C(O)C1. The van der Waals surface area contributed by atoms with Gasteiger partial charge in [-0.3, -0.25) is 0 Å². The van der Waals surface area contributed by atoms with Crippen LogP contribution in [0.15, 0.2) is 11.6 Å². The molecule has 0 spiro atoms. The van der Waals surface area contributed by atoms with Gasteiger partial charge in [0.15, 0.2) is 0 Å². The molecular formula is C9H16O2. The molecule has 2 heteroatoms. The summed E-state index contributed by atoms with van der Waals surface area (Å²) in [5.41, 5.74) is 1.30. The van der Waals surface area contributed by atoms with Crippen molar-refractivity contribution in [1.29, 1.82) is 0 Å². The van der Waals surface area contributed by atoms with E-state index in [-0.39, 0.29) is 0 Å². The van der Waals surface area contributed by atoms with Gasteiger partial charge in [-0.1, -0.05) is 18.6 Å². The summed E-state index contributed by atoms with van der Waals surface area (Å²) < 4.78 is 0. The monoisotopic (exact) mass is 156 g/mol. The van der Waals surface area contributed by atoms with Crippen molar-refractivity contribution in [2.45, 2.75) is 44.8 Å². The minimum atomic E-state index is -0.526. The molecule has 2 atom stereocenters. The summed E-state index contributed by atoms with van der Waals surface area (Å²) in [6.45, 7) is 2.09. The van der Waals surface area contributed by atoms with E-state index in [1.807, 2.05) is 0 Å². The molecule has 2 unspecified atom stereocenters. The Morgan fingerprint density at radius 2 is 2.18 bits per heavy atom. The van der Waals surface area contributed by atoms with Crippen LogP contribution in [0.2, 0.25) is 0 Å². The Morgan fingerprint density at radius 1 is 1.45 bits per heavy atom. The maximum Gasteiger partial charge on any atom is 0.0836 e. The Bertz CT molecular complexity index is 152. The van der Waals surface area contributed by atoms with Gasteiger partial charge < -0.3 is 10.2 Å². The summed E-state index contributed by atoms with van der Waals surface area (Å²) in [6.07, 6.45) is 4.48. The molecule has 64 valence electrons. The Kier molecular flexibility index (Phi) is 3.09. The van der Waals surface area contributed by atoms with Gasteiger partial charge in [-0.15, -0.1) is 0 Å². The van der Waals surface area contributed by atoms with Crippen molar-refractivity contribution >= 4 is 0 Å². The summed E-state index contributed by atoms with van der Waals surface area (Å²) in [5, 5.41) is 18.5. The fourth-order valence-electron chi connectivity index (χ4n) is 1.51. The first-order valence-corrected chi connectivity index (χ1v) is 4.28. The maximum atomic E-state index is 9.28. The second kappa shape index (κ2) is 3.88. The van der Waals surface area contributed by atoms with Gasteiger partial charge in [-0.05, 0) is 25.7 Å². The van der Waals surface area contributed by atoms with E-state index in [4.69, 9.17) is 0 Å². The molecule has 11 heavy (non-hydrogen) atoms. The van der Waals surface area contributed by atoms with Crippen molar-refractivity contribution in [1.82, 2.24) is 0 Å². The lowest BCUT2D eigenvalue weighted by atomic mass is 9.90. The summed E-state index contributed by atoms with van der Waals surface area (Å²) in [4.78, 5) is 0. The van der Waals surface area contributed by atoms with Gasteiger partial charge in [-0.2, -0.15) is 0 Å². The van der Waals surface area contributed by atoms with Crippen molar-refractivity contribution in [2.75, 3.05) is 0 Å². The van der Waals surface area contributed by atoms with Crippen LogP contribution in [0.4, 0.5) is 0 Å². The quantitative estimate of drug-likeness (QED) is 0.560. The number of aliphatic hydroxyl groups excluding tert-OH is 2. The average Bonchev–Trinajstić information content (AvgIpc) is 1.98. The molecule has 2 nitrogen and oxygen atoms in total. The van der Waals surface area contributed by atoms with Gasteiger partial charge in [-0.25, -0.2) is 0 Å². The van der Waals surface area contributed by atoms with E-state index in [1.54, 1.807) is 0 Å². The molecule has 0 aromatic heterocycles. The van der Waals surface area contributed by atoms with E-state index in [1.165, 1.54) is 5.57 Å². The van der Waals surface area contributed by atoms with Crippen LogP contribution in [0.25, 0.3) is 0 Å². The third-order valence-electron chi connectivity index (χ3n) is 2.17. The molecule has 1 aliphatic carbocycles. The summed E-state index contributed by atoms with van der Waals surface area (Å²) in [7, 11) is 0. The smallest absolute Gasteiger partial charge is 0.0836 e. The average molecular weight is 156 g/mol. The summed E-state index contributed by atoms with van der Waals surface area (Å²) in [5.74, 6) is 0. The molecule has 1 rings (SSSR count). The number of hydrogen-bond acceptors (Lipinski definition) is 2. The molecule has 1 fully saturated rings. The van der Waals surface area contributed by atoms with Crippen molar-refractivity contribution in [2.24, 2.45) is 0 Å². The minimum absolute atomic E-state index is 0.496. The molecule has 0 heterocycles. The first-order valence-electron chi connectivity index (χ1n) is 4.28. The summed E-state index contributed by atoms with van der Waals surface area (Å²) in [6, 6.07) is 0. The van der Waals surface area contributed by atoms with Gasteiger partial charge in [0.05, 0.1) is 12.2 Å². The van der Waals surface area contributed by atoms with Crippen LogP contribution in [-0.2, 0) is 0 Å². The molecule has 0 radical (unpaired) electrons. The van der Waals surface area contributed by atoms with Crippen LogP contribution in [0.3, 0.4) is 0 Å². The fourth-order valence-corrected chi connectivity index (χ4v) is 1.51. The second-order valence-electron chi connectivity index (χ2n) is 3.15. The van der Waals surface area contributed by atoms with Gasteiger partial charge in [0.1, 0.15) is 0 Å². The lowest BCUT2D eigenvalue weighted by molar-refractivity contribution is 0.00402. The van der Waals surface area contributed by atoms with Crippen molar-refractivity contribution in [3.63, 3.8) is 0 Å². The zero-order valence-electron chi connectivity index (χ0n) is 6.95. The van der Waals surface area contributed by atoms with Crippen LogP contribution in [0.1, 0.15) is 32.6 Å². The zero-order valence-corrected chi connectivity index (χ0v) is 6.95.